The molecule has 0 spiro atoms. The zero-order valence-electron chi connectivity index (χ0n) is 27.2. The maximum absolute atomic E-state index is 11.9. The molecule has 0 bridgehead atoms. The Bertz CT molecular complexity index is 492. The molecule has 2 atom stereocenters. The number of esters is 1. The van der Waals surface area contributed by atoms with E-state index in [1.165, 1.54) is 161 Å². The van der Waals surface area contributed by atoms with Gasteiger partial charge in [-0.3, -0.25) is 4.79 Å². The SMILES string of the molecule is CCCCCCCCCCCCCCCCCCCCCCCC(CCC(C)CCCC(C)C)OC(=O)CBr. The Balaban J connectivity index is 3.55. The summed E-state index contributed by atoms with van der Waals surface area (Å²) < 4.78 is 5.75. The van der Waals surface area contributed by atoms with Gasteiger partial charge < -0.3 is 4.74 Å². The van der Waals surface area contributed by atoms with E-state index in [0.717, 1.165) is 24.7 Å². The number of hydrogen-bond acceptors (Lipinski definition) is 2. The second-order valence-electron chi connectivity index (χ2n) is 13.1. The van der Waals surface area contributed by atoms with Crippen LogP contribution in [0.15, 0.2) is 0 Å². The zero-order valence-corrected chi connectivity index (χ0v) is 28.8. The molecule has 0 aromatic heterocycles. The Labute approximate surface area is 255 Å². The molecule has 0 heterocycles. The molecule has 0 aromatic rings. The van der Waals surface area contributed by atoms with Gasteiger partial charge in [0.05, 0.1) is 0 Å². The minimum absolute atomic E-state index is 0.101. The zero-order chi connectivity index (χ0) is 28.8. The van der Waals surface area contributed by atoms with Crippen LogP contribution in [-0.2, 0) is 9.53 Å². The Morgan fingerprint density at radius 3 is 1.31 bits per heavy atom. The molecule has 0 amide bonds. The molecule has 3 heteroatoms. The summed E-state index contributed by atoms with van der Waals surface area (Å²) in [7, 11) is 0. The van der Waals surface area contributed by atoms with Gasteiger partial charge in [0.1, 0.15) is 11.4 Å². The minimum Gasteiger partial charge on any atom is -0.462 e. The maximum atomic E-state index is 11.9. The summed E-state index contributed by atoms with van der Waals surface area (Å²) in [6, 6.07) is 0. The van der Waals surface area contributed by atoms with E-state index in [1.807, 2.05) is 0 Å². The van der Waals surface area contributed by atoms with Crippen LogP contribution < -0.4 is 0 Å². The molecule has 0 saturated carbocycles. The van der Waals surface area contributed by atoms with Crippen molar-refractivity contribution in [2.75, 3.05) is 5.33 Å². The van der Waals surface area contributed by atoms with Gasteiger partial charge in [-0.2, -0.15) is 0 Å². The highest BCUT2D eigenvalue weighted by molar-refractivity contribution is 9.09. The van der Waals surface area contributed by atoms with Gasteiger partial charge in [-0.1, -0.05) is 191 Å². The van der Waals surface area contributed by atoms with Crippen molar-refractivity contribution in [3.05, 3.63) is 0 Å². The molecule has 0 radical (unpaired) electrons. The Kier molecular flexibility index (Phi) is 30.9. The fourth-order valence-corrected chi connectivity index (χ4v) is 5.91. The van der Waals surface area contributed by atoms with Gasteiger partial charge in [0.15, 0.2) is 0 Å². The van der Waals surface area contributed by atoms with E-state index in [1.54, 1.807) is 0 Å². The van der Waals surface area contributed by atoms with Gasteiger partial charge in [0.25, 0.3) is 0 Å². The van der Waals surface area contributed by atoms with Crippen LogP contribution >= 0.6 is 15.9 Å². The fraction of sp³-hybridized carbons (Fsp3) is 0.972. The van der Waals surface area contributed by atoms with Crippen molar-refractivity contribution < 1.29 is 9.53 Å². The third-order valence-corrected chi connectivity index (χ3v) is 8.95. The minimum atomic E-state index is -0.101. The van der Waals surface area contributed by atoms with E-state index in [0.29, 0.717) is 5.33 Å². The molecule has 234 valence electrons. The molecule has 0 aliphatic heterocycles. The summed E-state index contributed by atoms with van der Waals surface area (Å²) in [5.41, 5.74) is 0. The van der Waals surface area contributed by atoms with E-state index in [4.69, 9.17) is 4.74 Å². The second kappa shape index (κ2) is 30.9. The normalized spacial score (nSPS) is 13.2. The smallest absolute Gasteiger partial charge is 0.316 e. The van der Waals surface area contributed by atoms with Gasteiger partial charge in [-0.15, -0.1) is 0 Å². The number of hydrogen-bond donors (Lipinski definition) is 0. The van der Waals surface area contributed by atoms with Crippen LogP contribution in [-0.4, -0.2) is 17.4 Å². The number of unbranched alkanes of at least 4 members (excludes halogenated alkanes) is 20. The second-order valence-corrected chi connectivity index (χ2v) is 13.7. The van der Waals surface area contributed by atoms with Crippen LogP contribution in [0.4, 0.5) is 0 Å². The highest BCUT2D eigenvalue weighted by Crippen LogP contribution is 2.22. The summed E-state index contributed by atoms with van der Waals surface area (Å²) >= 11 is 3.26. The summed E-state index contributed by atoms with van der Waals surface area (Å²) in [5.74, 6) is 1.43. The van der Waals surface area contributed by atoms with E-state index in [2.05, 4.69) is 43.6 Å². The molecule has 2 nitrogen and oxygen atoms in total. The quantitative estimate of drug-likeness (QED) is 0.0440. The third-order valence-electron chi connectivity index (χ3n) is 8.50. The van der Waals surface area contributed by atoms with Crippen LogP contribution in [0.5, 0.6) is 0 Å². The molecule has 0 aliphatic carbocycles. The van der Waals surface area contributed by atoms with Gasteiger partial charge >= 0.3 is 5.97 Å². The van der Waals surface area contributed by atoms with Crippen LogP contribution in [0.2, 0.25) is 0 Å². The molecular formula is C36H71BrO2. The Morgan fingerprint density at radius 1 is 0.513 bits per heavy atom. The number of ether oxygens (including phenoxy) is 1. The van der Waals surface area contributed by atoms with Crippen LogP contribution in [0, 0.1) is 11.8 Å². The number of carbonyl (C=O) groups is 1. The van der Waals surface area contributed by atoms with E-state index in [9.17, 15) is 4.79 Å². The van der Waals surface area contributed by atoms with E-state index < -0.39 is 0 Å². The number of alkyl halides is 1. The lowest BCUT2D eigenvalue weighted by Crippen LogP contribution is -2.20. The lowest BCUT2D eigenvalue weighted by molar-refractivity contribution is -0.146. The Hall–Kier alpha value is -0.0500. The van der Waals surface area contributed by atoms with Gasteiger partial charge in [0, 0.05) is 0 Å². The summed E-state index contributed by atoms with van der Waals surface area (Å²) in [6.45, 7) is 9.28. The largest absolute Gasteiger partial charge is 0.462 e. The number of rotatable bonds is 31. The summed E-state index contributed by atoms with van der Waals surface area (Å²) in [5, 5.41) is 0.312. The molecule has 0 aromatic carbocycles. The molecular weight excluding hydrogens is 544 g/mol. The van der Waals surface area contributed by atoms with Crippen LogP contribution in [0.25, 0.3) is 0 Å². The van der Waals surface area contributed by atoms with Crippen molar-refractivity contribution in [1.82, 2.24) is 0 Å². The lowest BCUT2D eigenvalue weighted by atomic mass is 9.93. The first kappa shape index (κ1) is 39.0. The lowest BCUT2D eigenvalue weighted by Gasteiger charge is -2.20. The van der Waals surface area contributed by atoms with E-state index in [-0.39, 0.29) is 12.1 Å². The van der Waals surface area contributed by atoms with Crippen molar-refractivity contribution in [3.63, 3.8) is 0 Å². The molecule has 0 saturated heterocycles. The van der Waals surface area contributed by atoms with Crippen molar-refractivity contribution in [2.45, 2.75) is 207 Å². The monoisotopic (exact) mass is 614 g/mol. The first-order chi connectivity index (χ1) is 19.0. The first-order valence-corrected chi connectivity index (χ1v) is 18.9. The molecule has 2 unspecified atom stereocenters. The Morgan fingerprint density at radius 2 is 0.923 bits per heavy atom. The standard InChI is InChI=1S/C36H71BrO2/c1-5-6-7-8-9-10-11-12-13-14-15-16-17-18-19-20-21-22-23-24-25-29-35(39-36(38)32-37)31-30-34(4)28-26-27-33(2)3/h33-35H,5-32H2,1-4H3. The fourth-order valence-electron chi connectivity index (χ4n) is 5.77. The number of carbonyl (C=O) groups excluding carboxylic acids is 1. The van der Waals surface area contributed by atoms with Gasteiger partial charge in [-0.05, 0) is 37.5 Å². The first-order valence-electron chi connectivity index (χ1n) is 17.7. The predicted octanol–water partition coefficient (Wildman–Crippen LogP) is 13.1. The molecule has 39 heavy (non-hydrogen) atoms. The maximum Gasteiger partial charge on any atom is 0.316 e. The van der Waals surface area contributed by atoms with E-state index >= 15 is 0 Å². The molecule has 0 N–H and O–H groups in total. The average Bonchev–Trinajstić information content (AvgIpc) is 2.92. The van der Waals surface area contributed by atoms with Crippen molar-refractivity contribution >= 4 is 21.9 Å². The van der Waals surface area contributed by atoms with Crippen molar-refractivity contribution in [2.24, 2.45) is 11.8 Å². The summed E-state index contributed by atoms with van der Waals surface area (Å²) in [6.07, 6.45) is 37.0. The highest BCUT2D eigenvalue weighted by atomic mass is 79.9. The van der Waals surface area contributed by atoms with Crippen LogP contribution in [0.3, 0.4) is 0 Å². The predicted molar refractivity (Wildman–Crippen MR) is 178 cm³/mol. The molecule has 0 rings (SSSR count). The average molecular weight is 616 g/mol. The molecule has 0 aliphatic rings. The highest BCUT2D eigenvalue weighted by Gasteiger charge is 2.15. The molecule has 0 fully saturated rings. The van der Waals surface area contributed by atoms with Gasteiger partial charge in [0.2, 0.25) is 0 Å². The topological polar surface area (TPSA) is 26.3 Å². The van der Waals surface area contributed by atoms with Crippen molar-refractivity contribution in [3.8, 4) is 0 Å². The third kappa shape index (κ3) is 30.7. The van der Waals surface area contributed by atoms with Gasteiger partial charge in [-0.25, -0.2) is 0 Å². The van der Waals surface area contributed by atoms with Crippen LogP contribution in [0.1, 0.15) is 201 Å². The summed E-state index contributed by atoms with van der Waals surface area (Å²) in [4.78, 5) is 11.9. The number of halogens is 1. The van der Waals surface area contributed by atoms with Crippen molar-refractivity contribution in [1.29, 1.82) is 0 Å².